The summed E-state index contributed by atoms with van der Waals surface area (Å²) in [5, 5.41) is 0. The van der Waals surface area contributed by atoms with Crippen LogP contribution in [0.3, 0.4) is 0 Å². The van der Waals surface area contributed by atoms with E-state index >= 15 is 0 Å². The summed E-state index contributed by atoms with van der Waals surface area (Å²) in [5.41, 5.74) is 1.55. The molecule has 0 bridgehead atoms. The van der Waals surface area contributed by atoms with Crippen LogP contribution in [-0.4, -0.2) is 26.5 Å². The molecule has 0 aliphatic rings. The van der Waals surface area contributed by atoms with Gasteiger partial charge in [-0.15, -0.1) is 0 Å². The first-order valence-corrected chi connectivity index (χ1v) is 11.0. The molecule has 1 heterocycles. The number of aromatic nitrogens is 1. The van der Waals surface area contributed by atoms with Crippen LogP contribution >= 0.6 is 0 Å². The summed E-state index contributed by atoms with van der Waals surface area (Å²) in [6, 6.07) is 10.7. The van der Waals surface area contributed by atoms with Crippen molar-refractivity contribution in [3.8, 4) is 0 Å². The molecule has 27 heavy (non-hydrogen) atoms. The van der Waals surface area contributed by atoms with E-state index in [2.05, 4.69) is 49.2 Å². The molecule has 0 radical (unpaired) electrons. The van der Waals surface area contributed by atoms with Gasteiger partial charge < -0.3 is 4.90 Å². The van der Waals surface area contributed by atoms with Gasteiger partial charge in [-0.05, 0) is 48.1 Å². The third kappa shape index (κ3) is 5.70. The Morgan fingerprint density at radius 3 is 2.00 bits per heavy atom. The van der Waals surface area contributed by atoms with E-state index in [0.717, 1.165) is 37.3 Å². The maximum atomic E-state index is 12.6. The quantitative estimate of drug-likeness (QED) is 0.704. The predicted octanol–water partition coefficient (Wildman–Crippen LogP) is 4.81. The molecule has 0 saturated heterocycles. The number of nitrogens with one attached hydrogen (secondary N) is 1. The second-order valence-corrected chi connectivity index (χ2v) is 9.45. The molecule has 0 atom stereocenters. The van der Waals surface area contributed by atoms with Crippen molar-refractivity contribution in [1.82, 2.24) is 4.98 Å². The number of hydrogen-bond donors (Lipinski definition) is 1. The molecule has 0 saturated carbocycles. The minimum Gasteiger partial charge on any atom is -0.357 e. The number of pyridine rings is 1. The molecule has 0 spiro atoms. The number of anilines is 2. The smallest absolute Gasteiger partial charge is 0.261 e. The lowest BCUT2D eigenvalue weighted by Gasteiger charge is -2.22. The normalized spacial score (nSPS) is 12.0. The summed E-state index contributed by atoms with van der Waals surface area (Å²) in [4.78, 5) is 6.90. The highest BCUT2D eigenvalue weighted by molar-refractivity contribution is 7.92. The second kappa shape index (κ2) is 8.74. The minimum absolute atomic E-state index is 0.0156. The Labute approximate surface area is 163 Å². The van der Waals surface area contributed by atoms with E-state index in [1.54, 1.807) is 24.4 Å². The van der Waals surface area contributed by atoms with E-state index < -0.39 is 10.0 Å². The highest BCUT2D eigenvalue weighted by Gasteiger charge is 2.18. The molecule has 0 amide bonds. The molecule has 2 rings (SSSR count). The van der Waals surface area contributed by atoms with Gasteiger partial charge in [-0.25, -0.2) is 13.4 Å². The number of rotatable bonds is 8. The number of nitrogens with zero attached hydrogens (tertiary/aromatic N) is 2. The fraction of sp³-hybridized carbons (Fsp3) is 0.476. The summed E-state index contributed by atoms with van der Waals surface area (Å²) in [6.07, 6.45) is 3.66. The summed E-state index contributed by atoms with van der Waals surface area (Å²) in [5.74, 6) is 0.871. The first kappa shape index (κ1) is 21.2. The Kier molecular flexibility index (Phi) is 6.87. The molecule has 0 aliphatic heterocycles. The predicted molar refractivity (Wildman–Crippen MR) is 113 cm³/mol. The van der Waals surface area contributed by atoms with Crippen LogP contribution < -0.4 is 9.62 Å². The van der Waals surface area contributed by atoms with E-state index in [1.165, 1.54) is 0 Å². The molecule has 1 N–H and O–H groups in total. The van der Waals surface area contributed by atoms with Gasteiger partial charge in [-0.1, -0.05) is 46.8 Å². The van der Waals surface area contributed by atoms with Gasteiger partial charge in [0.1, 0.15) is 5.82 Å². The van der Waals surface area contributed by atoms with Crippen LogP contribution in [0.15, 0.2) is 47.5 Å². The molecule has 0 fully saturated rings. The first-order chi connectivity index (χ1) is 12.7. The fourth-order valence-corrected chi connectivity index (χ4v) is 3.91. The summed E-state index contributed by atoms with van der Waals surface area (Å²) < 4.78 is 27.9. The molecule has 0 aliphatic carbocycles. The largest absolute Gasteiger partial charge is 0.357 e. The summed E-state index contributed by atoms with van der Waals surface area (Å²) in [6.45, 7) is 12.4. The Hall–Kier alpha value is -2.08. The zero-order valence-corrected chi connectivity index (χ0v) is 17.8. The van der Waals surface area contributed by atoms with Crippen LogP contribution in [0.5, 0.6) is 0 Å². The van der Waals surface area contributed by atoms with Crippen molar-refractivity contribution in [2.45, 2.75) is 57.8 Å². The van der Waals surface area contributed by atoms with Crippen molar-refractivity contribution in [2.75, 3.05) is 22.7 Å². The van der Waals surface area contributed by atoms with Gasteiger partial charge in [-0.2, -0.15) is 0 Å². The molecule has 1 aromatic heterocycles. The summed E-state index contributed by atoms with van der Waals surface area (Å²) >= 11 is 0. The molecular weight excluding hydrogens is 358 g/mol. The third-order valence-corrected chi connectivity index (χ3v) is 5.74. The van der Waals surface area contributed by atoms with Crippen molar-refractivity contribution >= 4 is 21.5 Å². The summed E-state index contributed by atoms with van der Waals surface area (Å²) in [7, 11) is -3.63. The second-order valence-electron chi connectivity index (χ2n) is 7.77. The lowest BCUT2D eigenvalue weighted by Crippen LogP contribution is -2.25. The van der Waals surface area contributed by atoms with E-state index in [9.17, 15) is 8.42 Å². The first-order valence-electron chi connectivity index (χ1n) is 9.51. The Balaban J connectivity index is 2.15. The van der Waals surface area contributed by atoms with Crippen LogP contribution in [0.2, 0.25) is 0 Å². The highest BCUT2D eigenvalue weighted by atomic mass is 32.2. The monoisotopic (exact) mass is 389 g/mol. The zero-order chi connectivity index (χ0) is 20.1. The van der Waals surface area contributed by atoms with Crippen LogP contribution in [0.25, 0.3) is 0 Å². The van der Waals surface area contributed by atoms with Gasteiger partial charge in [0.15, 0.2) is 0 Å². The van der Waals surface area contributed by atoms with Crippen LogP contribution in [0.1, 0.15) is 53.0 Å². The number of hydrogen-bond acceptors (Lipinski definition) is 4. The Morgan fingerprint density at radius 1 is 0.963 bits per heavy atom. The van der Waals surface area contributed by atoms with E-state index in [-0.39, 0.29) is 10.3 Å². The van der Waals surface area contributed by atoms with Crippen molar-refractivity contribution in [3.63, 3.8) is 0 Å². The molecular formula is C21H31N3O2S. The molecule has 148 valence electrons. The average molecular weight is 390 g/mol. The number of sulfonamides is 1. The molecule has 6 heteroatoms. The van der Waals surface area contributed by atoms with Crippen LogP contribution in [0.4, 0.5) is 11.5 Å². The fourth-order valence-electron chi connectivity index (χ4n) is 2.86. The maximum Gasteiger partial charge on any atom is 0.261 e. The van der Waals surface area contributed by atoms with E-state index in [4.69, 9.17) is 0 Å². The minimum atomic E-state index is -3.63. The van der Waals surface area contributed by atoms with E-state index in [1.807, 2.05) is 18.2 Å². The Morgan fingerprint density at radius 2 is 1.56 bits per heavy atom. The van der Waals surface area contributed by atoms with Crippen LogP contribution in [-0.2, 0) is 15.4 Å². The van der Waals surface area contributed by atoms with Gasteiger partial charge >= 0.3 is 0 Å². The highest BCUT2D eigenvalue weighted by Crippen LogP contribution is 2.24. The molecule has 0 unspecified atom stereocenters. The van der Waals surface area contributed by atoms with Gasteiger partial charge in [0.05, 0.1) is 16.8 Å². The third-order valence-electron chi connectivity index (χ3n) is 4.34. The van der Waals surface area contributed by atoms with Crippen molar-refractivity contribution in [3.05, 3.63) is 48.2 Å². The lowest BCUT2D eigenvalue weighted by molar-refractivity contribution is 0.587. The van der Waals surface area contributed by atoms with Gasteiger partial charge in [0.2, 0.25) is 0 Å². The van der Waals surface area contributed by atoms with Gasteiger partial charge in [0.25, 0.3) is 10.0 Å². The van der Waals surface area contributed by atoms with Crippen LogP contribution in [0, 0.1) is 0 Å². The van der Waals surface area contributed by atoms with Crippen molar-refractivity contribution in [1.29, 1.82) is 0 Å². The molecule has 5 nitrogen and oxygen atoms in total. The average Bonchev–Trinajstić information content (AvgIpc) is 2.61. The van der Waals surface area contributed by atoms with Crippen molar-refractivity contribution in [2.24, 2.45) is 0 Å². The maximum absolute atomic E-state index is 12.6. The topological polar surface area (TPSA) is 62.3 Å². The lowest BCUT2D eigenvalue weighted by atomic mass is 9.87. The van der Waals surface area contributed by atoms with E-state index in [0.29, 0.717) is 5.69 Å². The van der Waals surface area contributed by atoms with Gasteiger partial charge in [0, 0.05) is 13.1 Å². The number of benzene rings is 1. The van der Waals surface area contributed by atoms with Gasteiger partial charge in [-0.3, -0.25) is 4.72 Å². The Bertz CT molecular complexity index is 817. The zero-order valence-electron chi connectivity index (χ0n) is 17.0. The molecule has 2 aromatic rings. The SMILES string of the molecule is CCCN(CCC)c1ccc(NS(=O)(=O)c2ccc(C(C)(C)C)cc2)cn1. The molecule has 1 aromatic carbocycles. The van der Waals surface area contributed by atoms with Crippen molar-refractivity contribution < 1.29 is 8.42 Å². The standard InChI is InChI=1S/C21H31N3O2S/c1-6-14-24(15-7-2)20-13-10-18(16-22-20)23-27(25,26)19-11-8-17(9-12-19)21(3,4)5/h8-13,16,23H,6-7,14-15H2,1-5H3.